The van der Waals surface area contributed by atoms with E-state index in [9.17, 15) is 15.0 Å². The highest BCUT2D eigenvalue weighted by Crippen LogP contribution is 2.60. The molecule has 17 heavy (non-hydrogen) atoms. The molecule has 1 heterocycles. The molecule has 1 saturated heterocycles. The van der Waals surface area contributed by atoms with E-state index in [4.69, 9.17) is 0 Å². The van der Waals surface area contributed by atoms with E-state index in [0.717, 1.165) is 0 Å². The van der Waals surface area contributed by atoms with Crippen LogP contribution in [0.25, 0.3) is 0 Å². The second-order valence-electron chi connectivity index (χ2n) is 7.17. The summed E-state index contributed by atoms with van der Waals surface area (Å²) in [5.41, 5.74) is -2.45. The molecule has 0 aromatic rings. The molecule has 2 fully saturated rings. The number of nitrogens with one attached hydrogen (secondary N) is 1. The van der Waals surface area contributed by atoms with Crippen molar-refractivity contribution in [2.45, 2.75) is 70.1 Å². The summed E-state index contributed by atoms with van der Waals surface area (Å²) in [4.78, 5) is 11.4. The summed E-state index contributed by atoms with van der Waals surface area (Å²) in [6.45, 7) is 8.10. The number of carbonyl (C=O) groups is 1. The van der Waals surface area contributed by atoms with Gasteiger partial charge in [-0.2, -0.15) is 0 Å². The second kappa shape index (κ2) is 3.23. The smallest absolute Gasteiger partial charge is 0.312 e. The Balaban J connectivity index is 2.34. The van der Waals surface area contributed by atoms with Gasteiger partial charge in [-0.25, -0.2) is 0 Å². The van der Waals surface area contributed by atoms with Crippen LogP contribution in [0.5, 0.6) is 0 Å². The van der Waals surface area contributed by atoms with Crippen molar-refractivity contribution in [3.63, 3.8) is 0 Å². The number of hydrogen-bond acceptors (Lipinski definition) is 3. The van der Waals surface area contributed by atoms with Crippen molar-refractivity contribution in [2.24, 2.45) is 5.41 Å². The highest BCUT2D eigenvalue weighted by molar-refractivity contribution is 5.79. The van der Waals surface area contributed by atoms with Gasteiger partial charge in [0, 0.05) is 11.1 Å². The van der Waals surface area contributed by atoms with Crippen molar-refractivity contribution in [2.75, 3.05) is 0 Å². The third-order valence-electron chi connectivity index (χ3n) is 4.20. The maximum absolute atomic E-state index is 11.4. The quantitative estimate of drug-likeness (QED) is 0.685. The zero-order valence-corrected chi connectivity index (χ0v) is 11.1. The fourth-order valence-electron chi connectivity index (χ4n) is 3.87. The number of rotatable bonds is 2. The molecule has 2 aliphatic rings. The number of aliphatic carboxylic acids is 1. The summed E-state index contributed by atoms with van der Waals surface area (Å²) in [7, 11) is 0. The average Bonchev–Trinajstić information content (AvgIpc) is 2.73. The van der Waals surface area contributed by atoms with Crippen LogP contribution in [0.3, 0.4) is 0 Å². The molecule has 0 radical (unpaired) electrons. The molecule has 2 rings (SSSR count). The molecule has 0 unspecified atom stereocenters. The monoisotopic (exact) mass is 241 g/mol. The number of aliphatic hydroxyl groups is 1. The van der Waals surface area contributed by atoms with E-state index in [2.05, 4.69) is 5.32 Å². The van der Waals surface area contributed by atoms with Gasteiger partial charge in [0.1, 0.15) is 0 Å². The molecule has 4 nitrogen and oxygen atoms in total. The molecule has 0 aromatic carbocycles. The van der Waals surface area contributed by atoms with Crippen molar-refractivity contribution in [1.82, 2.24) is 5.32 Å². The van der Waals surface area contributed by atoms with Gasteiger partial charge in [-0.05, 0) is 53.4 Å². The van der Waals surface area contributed by atoms with Crippen molar-refractivity contribution in [3.8, 4) is 0 Å². The molecule has 0 bridgehead atoms. The number of hydrogen-bond donors (Lipinski definition) is 3. The summed E-state index contributed by atoms with van der Waals surface area (Å²) < 4.78 is 0. The fourth-order valence-corrected chi connectivity index (χ4v) is 3.87. The van der Waals surface area contributed by atoms with E-state index in [1.807, 2.05) is 27.7 Å². The van der Waals surface area contributed by atoms with E-state index in [1.165, 1.54) is 0 Å². The molecule has 0 spiro atoms. The molecule has 98 valence electrons. The standard InChI is InChI=1S/C13H23NO3/c1-10(2)7-13(17,8-11(3,4)14-10)12(5-6-12)9(15)16/h14,17H,5-8H2,1-4H3,(H,15,16). The minimum atomic E-state index is -1.09. The molecule has 1 saturated carbocycles. The molecule has 0 atom stereocenters. The van der Waals surface area contributed by atoms with Crippen molar-refractivity contribution >= 4 is 5.97 Å². The first-order valence-corrected chi connectivity index (χ1v) is 6.27. The van der Waals surface area contributed by atoms with Crippen LogP contribution < -0.4 is 5.32 Å². The van der Waals surface area contributed by atoms with Gasteiger partial charge in [0.2, 0.25) is 0 Å². The predicted octanol–water partition coefficient (Wildman–Crippen LogP) is 1.52. The summed E-state index contributed by atoms with van der Waals surface area (Å²) >= 11 is 0. The van der Waals surface area contributed by atoms with Crippen LogP contribution in [0.4, 0.5) is 0 Å². The highest BCUT2D eigenvalue weighted by atomic mass is 16.4. The normalized spacial score (nSPS) is 31.8. The van der Waals surface area contributed by atoms with Crippen LogP contribution in [0.2, 0.25) is 0 Å². The van der Waals surface area contributed by atoms with Crippen molar-refractivity contribution < 1.29 is 15.0 Å². The van der Waals surface area contributed by atoms with E-state index in [1.54, 1.807) is 0 Å². The van der Waals surface area contributed by atoms with Crippen molar-refractivity contribution in [3.05, 3.63) is 0 Å². The minimum absolute atomic E-state index is 0.235. The third kappa shape index (κ3) is 1.97. The summed E-state index contributed by atoms with van der Waals surface area (Å²) in [5.74, 6) is -0.839. The predicted molar refractivity (Wildman–Crippen MR) is 64.8 cm³/mol. The van der Waals surface area contributed by atoms with Crippen molar-refractivity contribution in [1.29, 1.82) is 0 Å². The third-order valence-corrected chi connectivity index (χ3v) is 4.20. The van der Waals surface area contributed by atoms with E-state index in [0.29, 0.717) is 25.7 Å². The van der Waals surface area contributed by atoms with Crippen LogP contribution in [-0.4, -0.2) is 32.9 Å². The van der Waals surface area contributed by atoms with Gasteiger partial charge in [-0.15, -0.1) is 0 Å². The van der Waals surface area contributed by atoms with Crippen LogP contribution in [0, 0.1) is 5.41 Å². The van der Waals surface area contributed by atoms with Gasteiger partial charge in [0.25, 0.3) is 0 Å². The Morgan fingerprint density at radius 3 is 1.76 bits per heavy atom. The lowest BCUT2D eigenvalue weighted by Gasteiger charge is -2.52. The number of carboxylic acid groups (broad SMARTS) is 1. The first-order valence-electron chi connectivity index (χ1n) is 6.27. The number of piperidine rings is 1. The van der Waals surface area contributed by atoms with Gasteiger partial charge in [-0.1, -0.05) is 0 Å². The molecule has 1 aliphatic carbocycles. The Bertz CT molecular complexity index is 340. The topological polar surface area (TPSA) is 69.6 Å². The maximum atomic E-state index is 11.4. The maximum Gasteiger partial charge on any atom is 0.312 e. The Morgan fingerprint density at radius 2 is 1.47 bits per heavy atom. The molecular formula is C13H23NO3. The first-order chi connectivity index (χ1) is 7.52. The highest BCUT2D eigenvalue weighted by Gasteiger charge is 2.67. The molecule has 1 aliphatic heterocycles. The Morgan fingerprint density at radius 1 is 1.06 bits per heavy atom. The molecule has 4 heteroatoms. The molecule has 0 amide bonds. The lowest BCUT2D eigenvalue weighted by Crippen LogP contribution is -2.66. The summed E-state index contributed by atoms with van der Waals surface area (Å²) in [6, 6.07) is 0. The van der Waals surface area contributed by atoms with Crippen LogP contribution in [0.1, 0.15) is 53.4 Å². The zero-order valence-electron chi connectivity index (χ0n) is 11.1. The minimum Gasteiger partial charge on any atom is -0.481 e. The van der Waals surface area contributed by atoms with Crippen LogP contribution in [0.15, 0.2) is 0 Å². The SMILES string of the molecule is CC1(C)CC(O)(C2(C(=O)O)CC2)CC(C)(C)N1. The largest absolute Gasteiger partial charge is 0.481 e. The van der Waals surface area contributed by atoms with E-state index >= 15 is 0 Å². The second-order valence-corrected chi connectivity index (χ2v) is 7.17. The fraction of sp³-hybridized carbons (Fsp3) is 0.923. The average molecular weight is 241 g/mol. The zero-order chi connectivity index (χ0) is 13.1. The van der Waals surface area contributed by atoms with Gasteiger partial charge in [-0.3, -0.25) is 4.79 Å². The lowest BCUT2D eigenvalue weighted by molar-refractivity contribution is -0.165. The van der Waals surface area contributed by atoms with Gasteiger partial charge >= 0.3 is 5.97 Å². The molecular weight excluding hydrogens is 218 g/mol. The van der Waals surface area contributed by atoms with Gasteiger partial charge in [0.05, 0.1) is 11.0 Å². The van der Waals surface area contributed by atoms with Gasteiger partial charge < -0.3 is 15.5 Å². The Labute approximate surface area is 102 Å². The van der Waals surface area contributed by atoms with E-state index < -0.39 is 17.0 Å². The van der Waals surface area contributed by atoms with Gasteiger partial charge in [0.15, 0.2) is 0 Å². The summed E-state index contributed by atoms with van der Waals surface area (Å²) in [5, 5.41) is 23.7. The molecule has 3 N–H and O–H groups in total. The van der Waals surface area contributed by atoms with Crippen LogP contribution >= 0.6 is 0 Å². The lowest BCUT2D eigenvalue weighted by atomic mass is 9.66. The van der Waals surface area contributed by atoms with Crippen LogP contribution in [-0.2, 0) is 4.79 Å². The Kier molecular flexibility index (Phi) is 2.44. The number of carboxylic acids is 1. The Hall–Kier alpha value is -0.610. The first kappa shape index (κ1) is 12.8. The summed E-state index contributed by atoms with van der Waals surface area (Å²) in [6.07, 6.45) is 2.20. The molecule has 0 aromatic heterocycles. The van der Waals surface area contributed by atoms with E-state index in [-0.39, 0.29) is 11.1 Å².